The minimum absolute atomic E-state index is 0.00843. The zero-order valence-electron chi connectivity index (χ0n) is 11.0. The lowest BCUT2D eigenvalue weighted by Crippen LogP contribution is -2.58. The van der Waals surface area contributed by atoms with Crippen molar-refractivity contribution in [1.29, 1.82) is 0 Å². The molecule has 1 fully saturated rings. The van der Waals surface area contributed by atoms with Gasteiger partial charge in [-0.05, 0) is 25.5 Å². The van der Waals surface area contributed by atoms with E-state index in [9.17, 15) is 4.79 Å². The third-order valence-corrected chi connectivity index (χ3v) is 3.10. The largest absolute Gasteiger partial charge is 0.336 e. The van der Waals surface area contributed by atoms with Crippen LogP contribution in [0.3, 0.4) is 0 Å². The molecule has 1 saturated heterocycles. The van der Waals surface area contributed by atoms with E-state index >= 15 is 0 Å². The van der Waals surface area contributed by atoms with Gasteiger partial charge < -0.3 is 10.2 Å². The third-order valence-electron chi connectivity index (χ3n) is 3.10. The number of carbonyl (C=O) groups excluding carboxylic acids is 1. The number of hydrogen-bond acceptors (Lipinski definition) is 2. The highest BCUT2D eigenvalue weighted by Crippen LogP contribution is 2.11. The summed E-state index contributed by atoms with van der Waals surface area (Å²) in [6.45, 7) is 6.63. The number of nitrogens with one attached hydrogen (secondary N) is 1. The minimum atomic E-state index is 0.00843. The smallest absolute Gasteiger partial charge is 0.246 e. The number of amides is 1. The maximum Gasteiger partial charge on any atom is 0.246 e. The summed E-state index contributed by atoms with van der Waals surface area (Å²) >= 11 is 0. The van der Waals surface area contributed by atoms with Gasteiger partial charge in [0.25, 0.3) is 0 Å². The lowest BCUT2D eigenvalue weighted by atomic mass is 10.0. The standard InChI is InChI=1S/C15H20N2O/c1-15(2)12-17(11-10-16-15)14(18)9-8-13-6-4-3-5-7-13/h3-9,16H,10-12H2,1-2H3/b9-8+. The van der Waals surface area contributed by atoms with Gasteiger partial charge in [0.15, 0.2) is 0 Å². The predicted molar refractivity (Wildman–Crippen MR) is 74.1 cm³/mol. The molecule has 0 unspecified atom stereocenters. The second-order valence-corrected chi connectivity index (χ2v) is 5.31. The fourth-order valence-corrected chi connectivity index (χ4v) is 2.17. The molecule has 0 saturated carbocycles. The Labute approximate surface area is 108 Å². The zero-order valence-corrected chi connectivity index (χ0v) is 11.0. The summed E-state index contributed by atoms with van der Waals surface area (Å²) in [6.07, 6.45) is 3.54. The quantitative estimate of drug-likeness (QED) is 0.806. The van der Waals surface area contributed by atoms with E-state index in [1.54, 1.807) is 6.08 Å². The molecule has 96 valence electrons. The second-order valence-electron chi connectivity index (χ2n) is 5.31. The van der Waals surface area contributed by atoms with Crippen molar-refractivity contribution < 1.29 is 4.79 Å². The van der Waals surface area contributed by atoms with Gasteiger partial charge >= 0.3 is 0 Å². The molecular formula is C15H20N2O. The van der Waals surface area contributed by atoms with Gasteiger partial charge in [0.05, 0.1) is 0 Å². The minimum Gasteiger partial charge on any atom is -0.336 e. The van der Waals surface area contributed by atoms with Crippen molar-refractivity contribution in [2.24, 2.45) is 0 Å². The van der Waals surface area contributed by atoms with Gasteiger partial charge in [0, 0.05) is 31.2 Å². The molecule has 0 atom stereocenters. The first kappa shape index (κ1) is 12.8. The molecule has 1 aromatic rings. The van der Waals surface area contributed by atoms with Gasteiger partial charge in [0.1, 0.15) is 0 Å². The Balaban J connectivity index is 1.98. The molecule has 0 aromatic heterocycles. The molecule has 1 aliphatic heterocycles. The van der Waals surface area contributed by atoms with Crippen LogP contribution in [0.5, 0.6) is 0 Å². The molecule has 1 amide bonds. The Morgan fingerprint density at radius 1 is 1.33 bits per heavy atom. The zero-order chi connectivity index (χ0) is 13.0. The fraction of sp³-hybridized carbons (Fsp3) is 0.400. The molecule has 0 radical (unpaired) electrons. The van der Waals surface area contributed by atoms with E-state index in [1.165, 1.54) is 0 Å². The molecule has 0 spiro atoms. The number of benzene rings is 1. The average Bonchev–Trinajstić information content (AvgIpc) is 2.36. The van der Waals surface area contributed by atoms with Gasteiger partial charge in [-0.3, -0.25) is 4.79 Å². The van der Waals surface area contributed by atoms with Crippen LogP contribution in [-0.4, -0.2) is 36.0 Å². The molecule has 0 aliphatic carbocycles. The average molecular weight is 244 g/mol. The van der Waals surface area contributed by atoms with Gasteiger partial charge in [-0.1, -0.05) is 30.3 Å². The summed E-state index contributed by atoms with van der Waals surface area (Å²) in [5.74, 6) is 0.0911. The SMILES string of the molecule is CC1(C)CN(C(=O)/C=C/c2ccccc2)CCN1. The molecular weight excluding hydrogens is 224 g/mol. The Morgan fingerprint density at radius 2 is 2.06 bits per heavy atom. The number of hydrogen-bond donors (Lipinski definition) is 1. The van der Waals surface area contributed by atoms with E-state index in [4.69, 9.17) is 0 Å². The van der Waals surface area contributed by atoms with Gasteiger partial charge in [-0.25, -0.2) is 0 Å². The monoisotopic (exact) mass is 244 g/mol. The second kappa shape index (κ2) is 5.36. The summed E-state index contributed by atoms with van der Waals surface area (Å²) in [7, 11) is 0. The Kier molecular flexibility index (Phi) is 3.82. The van der Waals surface area contributed by atoms with E-state index in [-0.39, 0.29) is 11.4 Å². The van der Waals surface area contributed by atoms with Crippen molar-refractivity contribution in [2.45, 2.75) is 19.4 Å². The van der Waals surface area contributed by atoms with Crippen molar-refractivity contribution in [1.82, 2.24) is 10.2 Å². The molecule has 3 nitrogen and oxygen atoms in total. The predicted octanol–water partition coefficient (Wildman–Crippen LogP) is 1.91. The van der Waals surface area contributed by atoms with E-state index in [2.05, 4.69) is 19.2 Å². The van der Waals surface area contributed by atoms with Crippen LogP contribution in [0.1, 0.15) is 19.4 Å². The fourth-order valence-electron chi connectivity index (χ4n) is 2.17. The summed E-state index contributed by atoms with van der Waals surface area (Å²) in [5, 5.41) is 3.40. The number of rotatable bonds is 2. The van der Waals surface area contributed by atoms with Gasteiger partial charge in [0.2, 0.25) is 5.91 Å². The van der Waals surface area contributed by atoms with Gasteiger partial charge in [-0.15, -0.1) is 0 Å². The topological polar surface area (TPSA) is 32.3 Å². The number of carbonyl (C=O) groups is 1. The summed E-state index contributed by atoms with van der Waals surface area (Å²) in [6, 6.07) is 9.89. The van der Waals surface area contributed by atoms with Crippen LogP contribution < -0.4 is 5.32 Å². The molecule has 3 heteroatoms. The highest BCUT2D eigenvalue weighted by atomic mass is 16.2. The molecule has 1 aromatic carbocycles. The highest BCUT2D eigenvalue weighted by Gasteiger charge is 2.27. The van der Waals surface area contributed by atoms with Crippen LogP contribution in [0, 0.1) is 0 Å². The van der Waals surface area contributed by atoms with Crippen LogP contribution in [0.4, 0.5) is 0 Å². The molecule has 1 heterocycles. The van der Waals surface area contributed by atoms with Crippen molar-refractivity contribution >= 4 is 12.0 Å². The summed E-state index contributed by atoms with van der Waals surface area (Å²) in [4.78, 5) is 14.0. The van der Waals surface area contributed by atoms with Crippen LogP contribution in [0.15, 0.2) is 36.4 Å². The number of piperazine rings is 1. The molecule has 2 rings (SSSR count). The van der Waals surface area contributed by atoms with Crippen molar-refractivity contribution in [3.63, 3.8) is 0 Å². The highest BCUT2D eigenvalue weighted by molar-refractivity contribution is 5.91. The van der Waals surface area contributed by atoms with Crippen LogP contribution >= 0.6 is 0 Å². The Morgan fingerprint density at radius 3 is 2.72 bits per heavy atom. The van der Waals surface area contributed by atoms with E-state index < -0.39 is 0 Å². The van der Waals surface area contributed by atoms with Crippen LogP contribution in [0.25, 0.3) is 6.08 Å². The van der Waals surface area contributed by atoms with Gasteiger partial charge in [-0.2, -0.15) is 0 Å². The van der Waals surface area contributed by atoms with Crippen LogP contribution in [-0.2, 0) is 4.79 Å². The van der Waals surface area contributed by atoms with E-state index in [0.29, 0.717) is 0 Å². The normalized spacial score (nSPS) is 19.1. The van der Waals surface area contributed by atoms with Crippen molar-refractivity contribution in [3.8, 4) is 0 Å². The lowest BCUT2D eigenvalue weighted by Gasteiger charge is -2.38. The maximum atomic E-state index is 12.1. The van der Waals surface area contributed by atoms with E-state index in [1.807, 2.05) is 41.3 Å². The van der Waals surface area contributed by atoms with E-state index in [0.717, 1.165) is 25.2 Å². The lowest BCUT2D eigenvalue weighted by molar-refractivity contribution is -0.127. The Bertz CT molecular complexity index is 437. The summed E-state index contributed by atoms with van der Waals surface area (Å²) in [5.41, 5.74) is 1.06. The summed E-state index contributed by atoms with van der Waals surface area (Å²) < 4.78 is 0. The molecule has 1 aliphatic rings. The van der Waals surface area contributed by atoms with Crippen LogP contribution in [0.2, 0.25) is 0 Å². The van der Waals surface area contributed by atoms with Crippen molar-refractivity contribution in [3.05, 3.63) is 42.0 Å². The first-order valence-electron chi connectivity index (χ1n) is 6.34. The third kappa shape index (κ3) is 3.44. The Hall–Kier alpha value is -1.61. The first-order chi connectivity index (χ1) is 8.57. The molecule has 1 N–H and O–H groups in total. The molecule has 18 heavy (non-hydrogen) atoms. The maximum absolute atomic E-state index is 12.1. The van der Waals surface area contributed by atoms with Crippen molar-refractivity contribution in [2.75, 3.05) is 19.6 Å². The first-order valence-corrected chi connectivity index (χ1v) is 6.34. The number of nitrogens with zero attached hydrogens (tertiary/aromatic N) is 1. The molecule has 0 bridgehead atoms.